The molecule has 0 radical (unpaired) electrons. The van der Waals surface area contributed by atoms with Gasteiger partial charge in [-0.2, -0.15) is 0 Å². The van der Waals surface area contributed by atoms with Crippen LogP contribution in [0.25, 0.3) is 0 Å². The molecule has 1 atom stereocenters. The number of carbonyl (C=O) groups excluding carboxylic acids is 1. The Balaban J connectivity index is 1.57. The lowest BCUT2D eigenvalue weighted by Crippen LogP contribution is -2.31. The minimum absolute atomic E-state index is 0.00417. The van der Waals surface area contributed by atoms with Gasteiger partial charge in [0.15, 0.2) is 6.61 Å². The van der Waals surface area contributed by atoms with Crippen molar-refractivity contribution >= 4 is 17.5 Å². The van der Waals surface area contributed by atoms with Crippen LogP contribution in [0.1, 0.15) is 47.2 Å². The summed E-state index contributed by atoms with van der Waals surface area (Å²) in [5, 5.41) is 3.75. The maximum atomic E-state index is 12.2. The minimum atomic E-state index is -0.127. The summed E-state index contributed by atoms with van der Waals surface area (Å²) in [7, 11) is 0. The van der Waals surface area contributed by atoms with E-state index in [-0.39, 0.29) is 18.6 Å². The highest BCUT2D eigenvalue weighted by molar-refractivity contribution is 6.32. The van der Waals surface area contributed by atoms with Crippen LogP contribution in [-0.2, 0) is 17.6 Å². The molecule has 132 valence electrons. The molecule has 1 aliphatic carbocycles. The Bertz CT molecular complexity index is 777. The van der Waals surface area contributed by atoms with E-state index in [0.717, 1.165) is 28.1 Å². The number of hydrogen-bond donors (Lipinski definition) is 1. The van der Waals surface area contributed by atoms with Crippen molar-refractivity contribution in [3.8, 4) is 5.75 Å². The number of nitrogens with one attached hydrogen (secondary N) is 1. The SMILES string of the molecule is Cc1cc(OCC(=O)N[C@H](C)c2ccc3c(c2)CCC3)cc(C)c1Cl. The standard InChI is InChI=1S/C21H24ClNO2/c1-13-9-19(10-14(2)21(13)22)25-12-20(24)23-15(3)17-8-7-16-5-4-6-18(16)11-17/h7-11,15H,4-6,12H2,1-3H3,(H,23,24)/t15-/m1/s1. The fraction of sp³-hybridized carbons (Fsp3) is 0.381. The molecule has 1 aliphatic rings. The molecule has 0 aromatic heterocycles. The molecule has 2 aromatic rings. The van der Waals surface area contributed by atoms with Gasteiger partial charge in [0.05, 0.1) is 6.04 Å². The Hall–Kier alpha value is -2.00. The van der Waals surface area contributed by atoms with Crippen LogP contribution in [0, 0.1) is 13.8 Å². The van der Waals surface area contributed by atoms with Crippen LogP contribution in [0.5, 0.6) is 5.75 Å². The Morgan fingerprint density at radius 2 is 1.84 bits per heavy atom. The van der Waals surface area contributed by atoms with E-state index in [9.17, 15) is 4.79 Å². The third-order valence-corrected chi connectivity index (χ3v) is 5.38. The van der Waals surface area contributed by atoms with Gasteiger partial charge in [-0.25, -0.2) is 0 Å². The number of halogens is 1. The average molecular weight is 358 g/mol. The second kappa shape index (κ2) is 7.49. The van der Waals surface area contributed by atoms with Crippen LogP contribution in [0.4, 0.5) is 0 Å². The zero-order valence-electron chi connectivity index (χ0n) is 15.0. The number of rotatable bonds is 5. The fourth-order valence-corrected chi connectivity index (χ4v) is 3.48. The minimum Gasteiger partial charge on any atom is -0.484 e. The number of benzene rings is 2. The van der Waals surface area contributed by atoms with E-state index < -0.39 is 0 Å². The summed E-state index contributed by atoms with van der Waals surface area (Å²) in [6.07, 6.45) is 3.54. The van der Waals surface area contributed by atoms with Crippen molar-refractivity contribution in [1.29, 1.82) is 0 Å². The second-order valence-electron chi connectivity index (χ2n) is 6.83. The smallest absolute Gasteiger partial charge is 0.258 e. The number of ether oxygens (including phenoxy) is 1. The predicted octanol–water partition coefficient (Wildman–Crippen LogP) is 4.70. The number of amides is 1. The molecule has 3 rings (SSSR count). The van der Waals surface area contributed by atoms with E-state index >= 15 is 0 Å². The highest BCUT2D eigenvalue weighted by Crippen LogP contribution is 2.26. The first kappa shape index (κ1) is 17.8. The number of hydrogen-bond acceptors (Lipinski definition) is 2. The number of fused-ring (bicyclic) bond motifs is 1. The van der Waals surface area contributed by atoms with Crippen molar-refractivity contribution in [1.82, 2.24) is 5.32 Å². The van der Waals surface area contributed by atoms with Crippen LogP contribution in [0.2, 0.25) is 5.02 Å². The van der Waals surface area contributed by atoms with E-state index in [1.807, 2.05) is 32.9 Å². The first-order valence-electron chi connectivity index (χ1n) is 8.74. The van der Waals surface area contributed by atoms with Gasteiger partial charge in [0.25, 0.3) is 5.91 Å². The molecule has 1 amide bonds. The zero-order chi connectivity index (χ0) is 18.0. The van der Waals surface area contributed by atoms with Crippen molar-refractivity contribution in [3.63, 3.8) is 0 Å². The van der Waals surface area contributed by atoms with Gasteiger partial charge in [-0.1, -0.05) is 29.8 Å². The van der Waals surface area contributed by atoms with Crippen LogP contribution in [-0.4, -0.2) is 12.5 Å². The molecule has 3 nitrogen and oxygen atoms in total. The molecule has 0 heterocycles. The summed E-state index contributed by atoms with van der Waals surface area (Å²) in [5.74, 6) is 0.540. The molecule has 0 unspecified atom stereocenters. The van der Waals surface area contributed by atoms with Crippen molar-refractivity contribution in [3.05, 3.63) is 63.2 Å². The highest BCUT2D eigenvalue weighted by Gasteiger charge is 2.15. The van der Waals surface area contributed by atoms with E-state index in [0.29, 0.717) is 5.75 Å². The van der Waals surface area contributed by atoms with Gasteiger partial charge >= 0.3 is 0 Å². The normalized spacial score (nSPS) is 14.1. The Morgan fingerprint density at radius 3 is 2.56 bits per heavy atom. The topological polar surface area (TPSA) is 38.3 Å². The fourth-order valence-electron chi connectivity index (χ4n) is 3.37. The van der Waals surface area contributed by atoms with Gasteiger partial charge in [-0.05, 0) is 80.0 Å². The Labute approximate surface area is 154 Å². The van der Waals surface area contributed by atoms with E-state index in [1.165, 1.54) is 24.0 Å². The molecule has 1 N–H and O–H groups in total. The molecule has 0 spiro atoms. The summed E-state index contributed by atoms with van der Waals surface area (Å²) in [6.45, 7) is 5.86. The lowest BCUT2D eigenvalue weighted by Gasteiger charge is -2.16. The summed E-state index contributed by atoms with van der Waals surface area (Å²) in [4.78, 5) is 12.2. The predicted molar refractivity (Wildman–Crippen MR) is 101 cm³/mol. The molecular weight excluding hydrogens is 334 g/mol. The Morgan fingerprint density at radius 1 is 1.16 bits per heavy atom. The first-order chi connectivity index (χ1) is 11.9. The van der Waals surface area contributed by atoms with Gasteiger partial charge in [0.2, 0.25) is 0 Å². The van der Waals surface area contributed by atoms with E-state index in [4.69, 9.17) is 16.3 Å². The molecular formula is C21H24ClNO2. The summed E-state index contributed by atoms with van der Waals surface area (Å²) in [5.41, 5.74) is 5.90. The Kier molecular flexibility index (Phi) is 5.33. The molecule has 0 bridgehead atoms. The second-order valence-corrected chi connectivity index (χ2v) is 7.21. The van der Waals surface area contributed by atoms with Crippen molar-refractivity contribution < 1.29 is 9.53 Å². The van der Waals surface area contributed by atoms with Gasteiger partial charge in [0, 0.05) is 5.02 Å². The summed E-state index contributed by atoms with van der Waals surface area (Å²) in [6, 6.07) is 10.2. The third kappa shape index (κ3) is 4.16. The summed E-state index contributed by atoms with van der Waals surface area (Å²) < 4.78 is 5.62. The largest absolute Gasteiger partial charge is 0.484 e. The zero-order valence-corrected chi connectivity index (χ0v) is 15.7. The van der Waals surface area contributed by atoms with Gasteiger partial charge in [-0.3, -0.25) is 4.79 Å². The molecule has 2 aromatic carbocycles. The van der Waals surface area contributed by atoms with E-state index in [1.54, 1.807) is 0 Å². The third-order valence-electron chi connectivity index (χ3n) is 4.78. The maximum Gasteiger partial charge on any atom is 0.258 e. The molecule has 4 heteroatoms. The maximum absolute atomic E-state index is 12.2. The monoisotopic (exact) mass is 357 g/mol. The van der Waals surface area contributed by atoms with Crippen molar-refractivity contribution in [2.45, 2.75) is 46.1 Å². The lowest BCUT2D eigenvalue weighted by molar-refractivity contribution is -0.123. The molecule has 0 aliphatic heterocycles. The number of aryl methyl sites for hydroxylation is 4. The number of carbonyl (C=O) groups is 1. The quantitative estimate of drug-likeness (QED) is 0.842. The summed E-state index contributed by atoms with van der Waals surface area (Å²) >= 11 is 6.15. The lowest BCUT2D eigenvalue weighted by atomic mass is 10.0. The molecule has 0 saturated carbocycles. The van der Waals surface area contributed by atoms with E-state index in [2.05, 4.69) is 23.5 Å². The van der Waals surface area contributed by atoms with Crippen LogP contribution >= 0.6 is 11.6 Å². The first-order valence-corrected chi connectivity index (χ1v) is 9.12. The molecule has 0 saturated heterocycles. The molecule has 25 heavy (non-hydrogen) atoms. The van der Waals surface area contributed by atoms with Gasteiger partial charge in [-0.15, -0.1) is 0 Å². The van der Waals surface area contributed by atoms with Crippen LogP contribution in [0.15, 0.2) is 30.3 Å². The van der Waals surface area contributed by atoms with Crippen molar-refractivity contribution in [2.75, 3.05) is 6.61 Å². The molecule has 0 fully saturated rings. The van der Waals surface area contributed by atoms with Gasteiger partial charge in [0.1, 0.15) is 5.75 Å². The van der Waals surface area contributed by atoms with Crippen LogP contribution < -0.4 is 10.1 Å². The van der Waals surface area contributed by atoms with Gasteiger partial charge < -0.3 is 10.1 Å². The van der Waals surface area contributed by atoms with Crippen molar-refractivity contribution in [2.24, 2.45) is 0 Å². The highest BCUT2D eigenvalue weighted by atomic mass is 35.5. The van der Waals surface area contributed by atoms with Crippen LogP contribution in [0.3, 0.4) is 0 Å². The average Bonchev–Trinajstić information content (AvgIpc) is 3.05.